The molecule has 2 rings (SSSR count). The molecule has 90 valence electrons. The Balaban J connectivity index is 2.25. The summed E-state index contributed by atoms with van der Waals surface area (Å²) in [7, 11) is 0. The second kappa shape index (κ2) is 4.88. The fraction of sp³-hybridized carbons (Fsp3) is 0.400. The van der Waals surface area contributed by atoms with Gasteiger partial charge in [0.05, 0.1) is 19.1 Å². The lowest BCUT2D eigenvalue weighted by Crippen LogP contribution is -2.06. The Kier molecular flexibility index (Phi) is 3.29. The van der Waals surface area contributed by atoms with Gasteiger partial charge in [-0.15, -0.1) is 0 Å². The summed E-state index contributed by atoms with van der Waals surface area (Å²) in [5.41, 5.74) is 0.795. The first-order chi connectivity index (χ1) is 8.22. The lowest BCUT2D eigenvalue weighted by atomic mass is 10.4. The summed E-state index contributed by atoms with van der Waals surface area (Å²) >= 11 is 0. The van der Waals surface area contributed by atoms with Crippen molar-refractivity contribution in [3.8, 4) is 0 Å². The van der Waals surface area contributed by atoms with Crippen molar-refractivity contribution >= 4 is 17.3 Å². The highest BCUT2D eigenvalue weighted by Crippen LogP contribution is 2.07. The fourth-order valence-electron chi connectivity index (χ4n) is 1.42. The van der Waals surface area contributed by atoms with Crippen molar-refractivity contribution in [1.82, 2.24) is 19.5 Å². The van der Waals surface area contributed by atoms with Crippen LogP contribution in [0, 0.1) is 0 Å². The minimum Gasteiger partial charge on any atom is -0.476 e. The van der Waals surface area contributed by atoms with E-state index in [1.165, 1.54) is 6.20 Å². The van der Waals surface area contributed by atoms with Gasteiger partial charge in [-0.3, -0.25) is 0 Å². The molecule has 0 radical (unpaired) electrons. The summed E-state index contributed by atoms with van der Waals surface area (Å²) in [5, 5.41) is 8.77. The van der Waals surface area contributed by atoms with Gasteiger partial charge in [0.25, 0.3) is 0 Å². The maximum atomic E-state index is 10.7. The molecule has 0 aliphatic rings. The molecule has 0 saturated heterocycles. The average Bonchev–Trinajstić information content (AvgIpc) is 2.72. The molecule has 0 aliphatic carbocycles. The summed E-state index contributed by atoms with van der Waals surface area (Å²) in [4.78, 5) is 22.6. The molecule has 0 aliphatic heterocycles. The quantitative estimate of drug-likeness (QED) is 0.763. The van der Waals surface area contributed by atoms with E-state index in [1.54, 1.807) is 10.9 Å². The Morgan fingerprint density at radius 1 is 1.53 bits per heavy atom. The van der Waals surface area contributed by atoms with E-state index in [-0.39, 0.29) is 5.69 Å². The molecule has 7 nitrogen and oxygen atoms in total. The highest BCUT2D eigenvalue weighted by molar-refractivity contribution is 5.86. The smallest absolute Gasteiger partial charge is 0.356 e. The third kappa shape index (κ3) is 2.39. The number of hydrogen-bond donors (Lipinski definition) is 1. The summed E-state index contributed by atoms with van der Waals surface area (Å²) < 4.78 is 7.01. The van der Waals surface area contributed by atoms with E-state index in [0.29, 0.717) is 31.1 Å². The molecule has 0 unspecified atom stereocenters. The van der Waals surface area contributed by atoms with Crippen LogP contribution in [-0.2, 0) is 11.3 Å². The largest absolute Gasteiger partial charge is 0.476 e. The Hall–Kier alpha value is -2.02. The number of fused-ring (bicyclic) bond motifs is 1. The van der Waals surface area contributed by atoms with Gasteiger partial charge in [0.15, 0.2) is 17.0 Å². The molecule has 2 aromatic heterocycles. The first kappa shape index (κ1) is 11.5. The van der Waals surface area contributed by atoms with Gasteiger partial charge in [-0.1, -0.05) is 0 Å². The Morgan fingerprint density at radius 3 is 3.06 bits per heavy atom. The van der Waals surface area contributed by atoms with Crippen molar-refractivity contribution < 1.29 is 14.6 Å². The molecule has 2 heterocycles. The normalized spacial score (nSPS) is 10.9. The number of hydrogen-bond acceptors (Lipinski definition) is 5. The van der Waals surface area contributed by atoms with E-state index in [4.69, 9.17) is 9.84 Å². The number of carboxylic acids is 1. The molecule has 0 amide bonds. The van der Waals surface area contributed by atoms with Crippen LogP contribution in [0.5, 0.6) is 0 Å². The highest BCUT2D eigenvalue weighted by Gasteiger charge is 2.10. The van der Waals surface area contributed by atoms with Crippen molar-refractivity contribution in [3.63, 3.8) is 0 Å². The van der Waals surface area contributed by atoms with Gasteiger partial charge >= 0.3 is 5.97 Å². The zero-order valence-corrected chi connectivity index (χ0v) is 9.33. The van der Waals surface area contributed by atoms with Gasteiger partial charge in [-0.25, -0.2) is 19.7 Å². The van der Waals surface area contributed by atoms with Crippen LogP contribution in [0.4, 0.5) is 0 Å². The predicted molar refractivity (Wildman–Crippen MR) is 58.8 cm³/mol. The number of aromatic carboxylic acids is 1. The Bertz CT molecular complexity index is 537. The summed E-state index contributed by atoms with van der Waals surface area (Å²) in [6.45, 7) is 3.75. The molecule has 1 N–H and O–H groups in total. The fourth-order valence-corrected chi connectivity index (χ4v) is 1.42. The molecule has 0 aromatic carbocycles. The molecule has 0 atom stereocenters. The van der Waals surface area contributed by atoms with Crippen molar-refractivity contribution in [3.05, 3.63) is 18.2 Å². The second-order valence-electron chi connectivity index (χ2n) is 3.34. The molecule has 0 bridgehead atoms. The van der Waals surface area contributed by atoms with Crippen LogP contribution >= 0.6 is 0 Å². The van der Waals surface area contributed by atoms with Crippen LogP contribution in [0.25, 0.3) is 11.3 Å². The molecule has 7 heteroatoms. The summed E-state index contributed by atoms with van der Waals surface area (Å²) in [6, 6.07) is 0. The van der Waals surface area contributed by atoms with Gasteiger partial charge in [0.2, 0.25) is 0 Å². The van der Waals surface area contributed by atoms with Gasteiger partial charge in [-0.05, 0) is 6.92 Å². The maximum Gasteiger partial charge on any atom is 0.356 e. The number of ether oxygens (including phenoxy) is 1. The standard InChI is InChI=1S/C10H12N4O3/c1-2-17-4-3-14-6-12-8-9(14)11-5-7(13-8)10(15)16/h5-6H,2-4H2,1H3,(H,15,16). The highest BCUT2D eigenvalue weighted by atomic mass is 16.5. The number of imidazole rings is 1. The van der Waals surface area contributed by atoms with Crippen LogP contribution in [-0.4, -0.2) is 43.8 Å². The van der Waals surface area contributed by atoms with Crippen LogP contribution in [0.3, 0.4) is 0 Å². The summed E-state index contributed by atoms with van der Waals surface area (Å²) in [6.07, 6.45) is 2.80. The monoisotopic (exact) mass is 236 g/mol. The summed E-state index contributed by atoms with van der Waals surface area (Å²) in [5.74, 6) is -1.11. The molecule has 0 fully saturated rings. The first-order valence-electron chi connectivity index (χ1n) is 5.21. The van der Waals surface area contributed by atoms with Gasteiger partial charge in [0, 0.05) is 13.2 Å². The van der Waals surface area contributed by atoms with Crippen molar-refractivity contribution in [1.29, 1.82) is 0 Å². The zero-order chi connectivity index (χ0) is 12.3. The van der Waals surface area contributed by atoms with Crippen LogP contribution in [0.1, 0.15) is 17.4 Å². The first-order valence-corrected chi connectivity index (χ1v) is 5.21. The number of carboxylic acid groups (broad SMARTS) is 1. The van der Waals surface area contributed by atoms with Gasteiger partial charge in [0.1, 0.15) is 0 Å². The van der Waals surface area contributed by atoms with E-state index in [9.17, 15) is 4.79 Å². The number of carbonyl (C=O) groups is 1. The van der Waals surface area contributed by atoms with Crippen molar-refractivity contribution in [2.24, 2.45) is 0 Å². The minimum atomic E-state index is -1.11. The average molecular weight is 236 g/mol. The second-order valence-corrected chi connectivity index (χ2v) is 3.34. The predicted octanol–water partition coefficient (Wildman–Crippen LogP) is 0.561. The number of nitrogens with zero attached hydrogens (tertiary/aromatic N) is 4. The van der Waals surface area contributed by atoms with Gasteiger partial charge < -0.3 is 14.4 Å². The molecular formula is C10H12N4O3. The van der Waals surface area contributed by atoms with Crippen LogP contribution in [0.15, 0.2) is 12.5 Å². The maximum absolute atomic E-state index is 10.7. The van der Waals surface area contributed by atoms with E-state index in [1.807, 2.05) is 6.92 Å². The lowest BCUT2D eigenvalue weighted by molar-refractivity contribution is 0.0690. The van der Waals surface area contributed by atoms with E-state index >= 15 is 0 Å². The SMILES string of the molecule is CCOCCn1cnc2nc(C(=O)O)cnc21. The third-order valence-electron chi connectivity index (χ3n) is 2.23. The van der Waals surface area contributed by atoms with Crippen molar-refractivity contribution in [2.75, 3.05) is 13.2 Å². The zero-order valence-electron chi connectivity index (χ0n) is 9.33. The topological polar surface area (TPSA) is 90.1 Å². The van der Waals surface area contributed by atoms with Gasteiger partial charge in [-0.2, -0.15) is 0 Å². The third-order valence-corrected chi connectivity index (χ3v) is 2.23. The molecule has 0 spiro atoms. The number of rotatable bonds is 5. The van der Waals surface area contributed by atoms with E-state index in [0.717, 1.165) is 0 Å². The molecular weight excluding hydrogens is 224 g/mol. The van der Waals surface area contributed by atoms with Crippen molar-refractivity contribution in [2.45, 2.75) is 13.5 Å². The Labute approximate surface area is 97.1 Å². The number of aromatic nitrogens is 4. The van der Waals surface area contributed by atoms with Crippen LogP contribution in [0.2, 0.25) is 0 Å². The molecule has 17 heavy (non-hydrogen) atoms. The van der Waals surface area contributed by atoms with E-state index in [2.05, 4.69) is 15.0 Å². The Morgan fingerprint density at radius 2 is 2.35 bits per heavy atom. The molecule has 2 aromatic rings. The molecule has 0 saturated carbocycles. The van der Waals surface area contributed by atoms with E-state index < -0.39 is 5.97 Å². The minimum absolute atomic E-state index is 0.104. The van der Waals surface area contributed by atoms with Crippen LogP contribution < -0.4 is 0 Å². The lowest BCUT2D eigenvalue weighted by Gasteiger charge is -2.03.